The van der Waals surface area contributed by atoms with Gasteiger partial charge in [0.1, 0.15) is 11.6 Å². The predicted octanol–water partition coefficient (Wildman–Crippen LogP) is 4.56. The molecule has 0 spiro atoms. The minimum Gasteiger partial charge on any atom is -0.494 e. The molecule has 4 rings (SSSR count). The van der Waals surface area contributed by atoms with Crippen LogP contribution in [0.1, 0.15) is 47.1 Å². The quantitative estimate of drug-likeness (QED) is 0.602. The number of ether oxygens (including phenoxy) is 1. The molecule has 1 aliphatic rings. The van der Waals surface area contributed by atoms with Gasteiger partial charge in [0, 0.05) is 24.8 Å². The molecule has 0 unspecified atom stereocenters. The highest BCUT2D eigenvalue weighted by Gasteiger charge is 2.27. The smallest absolute Gasteiger partial charge is 0.274 e. The largest absolute Gasteiger partial charge is 0.494 e. The standard InChI is InChI=1S/C24H26FN3O2/c1-3-30-20-14-8-17(9-15-20)16-27(2)24(29)23-21-6-4-5-7-22(21)28(26-23)19-12-10-18(25)11-13-19/h8-15H,3-7,16H2,1-2H3. The van der Waals surface area contributed by atoms with Crippen molar-refractivity contribution in [1.82, 2.24) is 14.7 Å². The van der Waals surface area contributed by atoms with E-state index >= 15 is 0 Å². The van der Waals surface area contributed by atoms with Gasteiger partial charge in [-0.2, -0.15) is 5.10 Å². The maximum Gasteiger partial charge on any atom is 0.274 e. The van der Waals surface area contributed by atoms with E-state index in [-0.39, 0.29) is 11.7 Å². The van der Waals surface area contributed by atoms with Crippen molar-refractivity contribution in [3.05, 3.63) is 76.9 Å². The minimum absolute atomic E-state index is 0.0945. The summed E-state index contributed by atoms with van der Waals surface area (Å²) >= 11 is 0. The third kappa shape index (κ3) is 4.08. The molecule has 1 heterocycles. The molecule has 0 N–H and O–H groups in total. The van der Waals surface area contributed by atoms with E-state index in [1.165, 1.54) is 12.1 Å². The van der Waals surface area contributed by atoms with Crippen LogP contribution in [0.2, 0.25) is 0 Å². The Hall–Kier alpha value is -3.15. The number of fused-ring (bicyclic) bond motifs is 1. The van der Waals surface area contributed by atoms with Gasteiger partial charge in [0.15, 0.2) is 5.69 Å². The van der Waals surface area contributed by atoms with Gasteiger partial charge < -0.3 is 9.64 Å². The molecule has 0 saturated carbocycles. The first-order chi connectivity index (χ1) is 14.6. The molecule has 5 nitrogen and oxygen atoms in total. The van der Waals surface area contributed by atoms with Gasteiger partial charge in [0.05, 0.1) is 12.3 Å². The van der Waals surface area contributed by atoms with E-state index in [0.717, 1.165) is 53.9 Å². The van der Waals surface area contributed by atoms with Crippen LogP contribution in [0.15, 0.2) is 48.5 Å². The summed E-state index contributed by atoms with van der Waals surface area (Å²) in [6.45, 7) is 3.06. The van der Waals surface area contributed by atoms with Gasteiger partial charge in [-0.25, -0.2) is 9.07 Å². The summed E-state index contributed by atoms with van der Waals surface area (Å²) in [5.41, 5.74) is 4.39. The van der Waals surface area contributed by atoms with Gasteiger partial charge in [0.25, 0.3) is 5.91 Å². The first-order valence-corrected chi connectivity index (χ1v) is 10.4. The third-order valence-electron chi connectivity index (χ3n) is 5.45. The summed E-state index contributed by atoms with van der Waals surface area (Å²) in [7, 11) is 1.80. The van der Waals surface area contributed by atoms with E-state index in [1.54, 1.807) is 24.1 Å². The zero-order valence-corrected chi connectivity index (χ0v) is 17.4. The lowest BCUT2D eigenvalue weighted by molar-refractivity contribution is 0.0777. The molecule has 2 aromatic carbocycles. The molecule has 0 saturated heterocycles. The van der Waals surface area contributed by atoms with Gasteiger partial charge in [-0.15, -0.1) is 0 Å². The second-order valence-electron chi connectivity index (χ2n) is 7.61. The summed E-state index contributed by atoms with van der Waals surface area (Å²) < 4.78 is 20.6. The van der Waals surface area contributed by atoms with Gasteiger partial charge in [-0.3, -0.25) is 4.79 Å². The first kappa shape index (κ1) is 20.1. The Balaban J connectivity index is 1.59. The molecule has 3 aromatic rings. The van der Waals surface area contributed by atoms with E-state index < -0.39 is 0 Å². The number of hydrogen-bond donors (Lipinski definition) is 0. The van der Waals surface area contributed by atoms with Crippen LogP contribution in [-0.4, -0.2) is 34.2 Å². The van der Waals surface area contributed by atoms with Crippen molar-refractivity contribution >= 4 is 5.91 Å². The molecule has 1 aromatic heterocycles. The molecular weight excluding hydrogens is 381 g/mol. The zero-order chi connectivity index (χ0) is 21.1. The second-order valence-corrected chi connectivity index (χ2v) is 7.61. The Morgan fingerprint density at radius 3 is 2.50 bits per heavy atom. The second kappa shape index (κ2) is 8.69. The average molecular weight is 407 g/mol. The minimum atomic E-state index is -0.286. The fourth-order valence-electron chi connectivity index (χ4n) is 3.95. The Morgan fingerprint density at radius 2 is 1.80 bits per heavy atom. The van der Waals surface area contributed by atoms with Crippen molar-refractivity contribution in [2.45, 2.75) is 39.2 Å². The number of carbonyl (C=O) groups excluding carboxylic acids is 1. The van der Waals surface area contributed by atoms with Crippen molar-refractivity contribution in [2.75, 3.05) is 13.7 Å². The maximum atomic E-state index is 13.4. The summed E-state index contributed by atoms with van der Waals surface area (Å²) in [4.78, 5) is 15.0. The van der Waals surface area contributed by atoms with Gasteiger partial charge in [-0.1, -0.05) is 12.1 Å². The average Bonchev–Trinajstić information content (AvgIpc) is 3.15. The van der Waals surface area contributed by atoms with Crippen molar-refractivity contribution in [3.8, 4) is 11.4 Å². The summed E-state index contributed by atoms with van der Waals surface area (Å²) in [5.74, 6) is 0.441. The van der Waals surface area contributed by atoms with Crippen LogP contribution in [0, 0.1) is 5.82 Å². The van der Waals surface area contributed by atoms with Crippen molar-refractivity contribution in [3.63, 3.8) is 0 Å². The van der Waals surface area contributed by atoms with E-state index in [2.05, 4.69) is 5.10 Å². The zero-order valence-electron chi connectivity index (χ0n) is 17.4. The SMILES string of the molecule is CCOc1ccc(CN(C)C(=O)c2nn(-c3ccc(F)cc3)c3c2CCCC3)cc1. The number of carbonyl (C=O) groups is 1. The maximum absolute atomic E-state index is 13.4. The molecule has 0 bridgehead atoms. The number of rotatable bonds is 6. The molecule has 156 valence electrons. The number of aromatic nitrogens is 2. The number of nitrogens with zero attached hydrogens (tertiary/aromatic N) is 3. The number of benzene rings is 2. The molecule has 30 heavy (non-hydrogen) atoms. The molecular formula is C24H26FN3O2. The van der Waals surface area contributed by atoms with Crippen LogP contribution in [-0.2, 0) is 19.4 Å². The highest BCUT2D eigenvalue weighted by Crippen LogP contribution is 2.28. The van der Waals surface area contributed by atoms with Crippen LogP contribution >= 0.6 is 0 Å². The third-order valence-corrected chi connectivity index (χ3v) is 5.45. The fraction of sp³-hybridized carbons (Fsp3) is 0.333. The van der Waals surface area contributed by atoms with Crippen molar-refractivity contribution in [2.24, 2.45) is 0 Å². The molecule has 0 aliphatic heterocycles. The van der Waals surface area contributed by atoms with Crippen LogP contribution in [0.5, 0.6) is 5.75 Å². The van der Waals surface area contributed by atoms with Crippen molar-refractivity contribution < 1.29 is 13.9 Å². The number of amides is 1. The lowest BCUT2D eigenvalue weighted by Gasteiger charge is -2.18. The van der Waals surface area contributed by atoms with Crippen LogP contribution in [0.25, 0.3) is 5.69 Å². The summed E-state index contributed by atoms with van der Waals surface area (Å²) in [6, 6.07) is 14.0. The Bertz CT molecular complexity index is 1030. The van der Waals surface area contributed by atoms with E-state index in [4.69, 9.17) is 4.74 Å². The number of hydrogen-bond acceptors (Lipinski definition) is 3. The summed E-state index contributed by atoms with van der Waals surface area (Å²) in [5, 5.41) is 4.68. The molecule has 0 fully saturated rings. The molecule has 1 aliphatic carbocycles. The highest BCUT2D eigenvalue weighted by atomic mass is 19.1. The van der Waals surface area contributed by atoms with E-state index in [9.17, 15) is 9.18 Å². The van der Waals surface area contributed by atoms with Crippen LogP contribution in [0.3, 0.4) is 0 Å². The van der Waals surface area contributed by atoms with Crippen molar-refractivity contribution in [1.29, 1.82) is 0 Å². The monoisotopic (exact) mass is 407 g/mol. The topological polar surface area (TPSA) is 47.4 Å². The van der Waals surface area contributed by atoms with Gasteiger partial charge in [0.2, 0.25) is 0 Å². The first-order valence-electron chi connectivity index (χ1n) is 10.4. The Morgan fingerprint density at radius 1 is 1.10 bits per heavy atom. The Kier molecular flexibility index (Phi) is 5.84. The fourth-order valence-corrected chi connectivity index (χ4v) is 3.95. The normalized spacial score (nSPS) is 13.0. The number of halogens is 1. The molecule has 1 amide bonds. The lowest BCUT2D eigenvalue weighted by Crippen LogP contribution is -2.27. The van der Waals surface area contributed by atoms with Gasteiger partial charge in [-0.05, 0) is 74.6 Å². The lowest BCUT2D eigenvalue weighted by atomic mass is 9.95. The predicted molar refractivity (Wildman–Crippen MR) is 114 cm³/mol. The van der Waals surface area contributed by atoms with Gasteiger partial charge >= 0.3 is 0 Å². The van der Waals surface area contributed by atoms with Crippen LogP contribution in [0.4, 0.5) is 4.39 Å². The molecule has 0 atom stereocenters. The summed E-state index contributed by atoms with van der Waals surface area (Å²) in [6.07, 6.45) is 3.82. The van der Waals surface area contributed by atoms with Crippen LogP contribution < -0.4 is 4.74 Å². The molecule has 6 heteroatoms. The Labute approximate surface area is 176 Å². The molecule has 0 radical (unpaired) electrons. The highest BCUT2D eigenvalue weighted by molar-refractivity contribution is 5.94. The van der Waals surface area contributed by atoms with E-state index in [0.29, 0.717) is 18.8 Å². The van der Waals surface area contributed by atoms with E-state index in [1.807, 2.05) is 35.9 Å².